The Morgan fingerprint density at radius 2 is 1.91 bits per heavy atom. The first-order valence-corrected chi connectivity index (χ1v) is 6.40. The normalized spacial score (nSPS) is 9.96. The maximum atomic E-state index is 10.9. The van der Waals surface area contributed by atoms with E-state index < -0.39 is 11.0 Å². The van der Waals surface area contributed by atoms with Gasteiger partial charge in [-0.2, -0.15) is 0 Å². The third kappa shape index (κ3) is 3.82. The molecule has 0 aromatic heterocycles. The molecule has 0 atom stereocenters. The highest BCUT2D eigenvalue weighted by atomic mass is 16.6. The molecule has 0 radical (unpaired) electrons. The Kier molecular flexibility index (Phi) is 4.55. The first kappa shape index (κ1) is 16.0. The Labute approximate surface area is 130 Å². The van der Waals surface area contributed by atoms with Crippen LogP contribution in [0.4, 0.5) is 10.5 Å². The summed E-state index contributed by atoms with van der Waals surface area (Å²) in [5.41, 5.74) is 5.17. The highest BCUT2D eigenvalue weighted by Crippen LogP contribution is 2.31. The summed E-state index contributed by atoms with van der Waals surface area (Å²) in [5.74, 6) is 0.869. The Morgan fingerprint density at radius 3 is 2.48 bits per heavy atom. The molecule has 118 valence electrons. The van der Waals surface area contributed by atoms with Gasteiger partial charge in [0.15, 0.2) is 6.29 Å². The van der Waals surface area contributed by atoms with Crippen LogP contribution in [-0.2, 0) is 0 Å². The Morgan fingerprint density at radius 1 is 1.22 bits per heavy atom. The molecule has 0 aliphatic rings. The van der Waals surface area contributed by atoms with Gasteiger partial charge in [-0.1, -0.05) is 0 Å². The topological polar surface area (TPSA) is 122 Å². The predicted octanol–water partition coefficient (Wildman–Crippen LogP) is 2.97. The molecule has 0 aliphatic carbocycles. The van der Waals surface area contributed by atoms with Crippen molar-refractivity contribution in [2.75, 3.05) is 0 Å². The van der Waals surface area contributed by atoms with Crippen LogP contribution in [0.25, 0.3) is 0 Å². The summed E-state index contributed by atoms with van der Waals surface area (Å²) >= 11 is 0. The predicted molar refractivity (Wildman–Crippen MR) is 79.9 cm³/mol. The summed E-state index contributed by atoms with van der Waals surface area (Å²) in [6.07, 6.45) is -0.526. The Balaban J connectivity index is 2.29. The summed E-state index contributed by atoms with van der Waals surface area (Å²) in [6.45, 7) is 1.71. The third-order valence-corrected chi connectivity index (χ3v) is 2.92. The van der Waals surface area contributed by atoms with Crippen molar-refractivity contribution in [3.63, 3.8) is 0 Å². The van der Waals surface area contributed by atoms with Gasteiger partial charge in [0.05, 0.1) is 16.6 Å². The number of ether oxygens (including phenoxy) is 2. The molecule has 0 unspecified atom stereocenters. The Bertz CT molecular complexity index is 788. The lowest BCUT2D eigenvalue weighted by Crippen LogP contribution is -2.16. The molecule has 0 bridgehead atoms. The minimum Gasteiger partial charge on any atom is -0.457 e. The van der Waals surface area contributed by atoms with E-state index in [0.29, 0.717) is 17.6 Å². The molecule has 0 spiro atoms. The number of carbonyl (C=O) groups is 2. The van der Waals surface area contributed by atoms with Crippen molar-refractivity contribution in [1.29, 1.82) is 0 Å². The highest BCUT2D eigenvalue weighted by Gasteiger charge is 2.15. The molecule has 2 N–H and O–H groups in total. The molecular formula is C15H12N2O6. The van der Waals surface area contributed by atoms with Crippen LogP contribution >= 0.6 is 0 Å². The first-order chi connectivity index (χ1) is 10.9. The van der Waals surface area contributed by atoms with E-state index in [1.807, 2.05) is 0 Å². The second-order valence-electron chi connectivity index (χ2n) is 4.55. The lowest BCUT2D eigenvalue weighted by molar-refractivity contribution is -0.385. The zero-order valence-corrected chi connectivity index (χ0v) is 12.0. The molecule has 1 amide bonds. The van der Waals surface area contributed by atoms with E-state index >= 15 is 0 Å². The number of hydrogen-bond acceptors (Lipinski definition) is 6. The van der Waals surface area contributed by atoms with Crippen LogP contribution in [0.2, 0.25) is 0 Å². The molecule has 0 saturated carbocycles. The van der Waals surface area contributed by atoms with E-state index in [1.54, 1.807) is 6.92 Å². The number of nitrogens with zero attached hydrogens (tertiary/aromatic N) is 1. The quantitative estimate of drug-likeness (QED) is 0.514. The number of nitro benzene ring substituents is 1. The molecule has 0 fully saturated rings. The average Bonchev–Trinajstić information content (AvgIpc) is 2.49. The molecule has 0 saturated heterocycles. The smallest absolute Gasteiger partial charge is 0.409 e. The minimum absolute atomic E-state index is 0.0377. The summed E-state index contributed by atoms with van der Waals surface area (Å²) in [7, 11) is 0. The molecule has 23 heavy (non-hydrogen) atoms. The van der Waals surface area contributed by atoms with Gasteiger partial charge in [0.1, 0.15) is 17.2 Å². The van der Waals surface area contributed by atoms with Gasteiger partial charge in [-0.25, -0.2) is 4.79 Å². The van der Waals surface area contributed by atoms with Gasteiger partial charge in [0, 0.05) is 0 Å². The number of hydrogen-bond donors (Lipinski definition) is 1. The molecular weight excluding hydrogens is 304 g/mol. The van der Waals surface area contributed by atoms with E-state index in [1.165, 1.54) is 30.3 Å². The number of amides is 1. The second-order valence-corrected chi connectivity index (χ2v) is 4.55. The van der Waals surface area contributed by atoms with Crippen LogP contribution in [-0.4, -0.2) is 17.3 Å². The number of rotatable bonds is 5. The lowest BCUT2D eigenvalue weighted by atomic mass is 10.2. The maximum Gasteiger partial charge on any atom is 0.409 e. The standard InChI is InChI=1S/C15H12N2O6/c1-9-6-11(23-15(16)19)4-5-14(9)22-12-3-2-10(8-18)13(7-12)17(20)21/h2-8H,1H3,(H2,16,19). The molecule has 2 aromatic carbocycles. The van der Waals surface area contributed by atoms with Gasteiger partial charge in [0.2, 0.25) is 0 Å². The van der Waals surface area contributed by atoms with E-state index in [0.717, 1.165) is 6.07 Å². The van der Waals surface area contributed by atoms with E-state index in [9.17, 15) is 19.7 Å². The number of benzene rings is 2. The van der Waals surface area contributed by atoms with Gasteiger partial charge in [-0.15, -0.1) is 0 Å². The van der Waals surface area contributed by atoms with Crippen molar-refractivity contribution in [3.05, 3.63) is 57.6 Å². The molecule has 2 rings (SSSR count). The van der Waals surface area contributed by atoms with Crippen molar-refractivity contribution in [2.45, 2.75) is 6.92 Å². The third-order valence-electron chi connectivity index (χ3n) is 2.92. The van der Waals surface area contributed by atoms with Crippen molar-refractivity contribution in [1.82, 2.24) is 0 Å². The minimum atomic E-state index is -0.932. The van der Waals surface area contributed by atoms with Crippen LogP contribution in [0.1, 0.15) is 15.9 Å². The molecule has 0 heterocycles. The van der Waals surface area contributed by atoms with Crippen molar-refractivity contribution < 1.29 is 24.0 Å². The van der Waals surface area contributed by atoms with Gasteiger partial charge < -0.3 is 15.2 Å². The van der Waals surface area contributed by atoms with E-state index in [4.69, 9.17) is 15.2 Å². The highest BCUT2D eigenvalue weighted by molar-refractivity contribution is 5.81. The summed E-state index contributed by atoms with van der Waals surface area (Å²) in [6, 6.07) is 8.46. The number of nitrogens with two attached hydrogens (primary N) is 1. The van der Waals surface area contributed by atoms with Crippen LogP contribution in [0, 0.1) is 17.0 Å². The van der Waals surface area contributed by atoms with Crippen LogP contribution in [0.5, 0.6) is 17.2 Å². The van der Waals surface area contributed by atoms with Crippen LogP contribution in [0.3, 0.4) is 0 Å². The molecule has 8 heteroatoms. The number of aldehydes is 1. The molecule has 8 nitrogen and oxygen atoms in total. The van der Waals surface area contributed by atoms with Gasteiger partial charge in [-0.05, 0) is 42.8 Å². The number of primary amides is 1. The van der Waals surface area contributed by atoms with E-state index in [2.05, 4.69) is 0 Å². The fourth-order valence-electron chi connectivity index (χ4n) is 1.89. The largest absolute Gasteiger partial charge is 0.457 e. The molecule has 0 aliphatic heterocycles. The van der Waals surface area contributed by atoms with Crippen molar-refractivity contribution in [3.8, 4) is 17.2 Å². The Hall–Kier alpha value is -3.42. The van der Waals surface area contributed by atoms with Crippen molar-refractivity contribution in [2.24, 2.45) is 5.73 Å². The van der Waals surface area contributed by atoms with E-state index in [-0.39, 0.29) is 22.7 Å². The summed E-state index contributed by atoms with van der Waals surface area (Å²) in [5, 5.41) is 10.9. The number of aryl methyl sites for hydroxylation is 1. The SMILES string of the molecule is Cc1cc(OC(N)=O)ccc1Oc1ccc(C=O)c([N+](=O)[O-])c1. The van der Waals surface area contributed by atoms with Gasteiger partial charge in [-0.3, -0.25) is 14.9 Å². The summed E-state index contributed by atoms with van der Waals surface area (Å²) in [4.78, 5) is 31.7. The van der Waals surface area contributed by atoms with Gasteiger partial charge >= 0.3 is 6.09 Å². The van der Waals surface area contributed by atoms with Crippen LogP contribution < -0.4 is 15.2 Å². The average molecular weight is 316 g/mol. The number of carbonyl (C=O) groups excluding carboxylic acids is 2. The monoisotopic (exact) mass is 316 g/mol. The zero-order chi connectivity index (χ0) is 17.0. The first-order valence-electron chi connectivity index (χ1n) is 6.40. The second kappa shape index (κ2) is 6.56. The summed E-state index contributed by atoms with van der Waals surface area (Å²) < 4.78 is 10.3. The van der Waals surface area contributed by atoms with Crippen LogP contribution in [0.15, 0.2) is 36.4 Å². The zero-order valence-electron chi connectivity index (χ0n) is 12.0. The van der Waals surface area contributed by atoms with Crippen molar-refractivity contribution >= 4 is 18.1 Å². The molecule has 2 aromatic rings. The maximum absolute atomic E-state index is 10.9. The lowest BCUT2D eigenvalue weighted by Gasteiger charge is -2.10. The number of nitro groups is 1. The fourth-order valence-corrected chi connectivity index (χ4v) is 1.89. The van der Waals surface area contributed by atoms with Gasteiger partial charge in [0.25, 0.3) is 5.69 Å². The fraction of sp³-hybridized carbons (Fsp3) is 0.0667.